The number of likely N-dealkylation sites (N-methyl/N-ethyl adjacent to an activating group) is 1. The normalized spacial score (nSPS) is 27.9. The van der Waals surface area contributed by atoms with Crippen molar-refractivity contribution in [1.82, 2.24) is 20.9 Å². The summed E-state index contributed by atoms with van der Waals surface area (Å²) in [6.45, 7) is -0.264. The number of methoxy groups -OCH3 is 1. The molecule has 0 radical (unpaired) electrons. The van der Waals surface area contributed by atoms with Crippen LogP contribution in [0.1, 0.15) is 22.0 Å². The Balaban J connectivity index is 1.40. The molecule has 1 unspecified atom stereocenters. The quantitative estimate of drug-likeness (QED) is 0.319. The van der Waals surface area contributed by atoms with Crippen LogP contribution in [0.25, 0.3) is 10.8 Å². The Morgan fingerprint density at radius 1 is 1.16 bits per heavy atom. The Hall–Kier alpha value is -3.16. The van der Waals surface area contributed by atoms with Crippen LogP contribution < -0.4 is 15.7 Å². The molecule has 0 aromatic heterocycles. The molecule has 5 N–H and O–H groups in total. The van der Waals surface area contributed by atoms with Gasteiger partial charge in [0.15, 0.2) is 6.23 Å². The van der Waals surface area contributed by atoms with E-state index >= 15 is 0 Å². The van der Waals surface area contributed by atoms with Gasteiger partial charge in [-0.2, -0.15) is 5.53 Å². The van der Waals surface area contributed by atoms with Gasteiger partial charge in [-0.15, -0.1) is 0 Å². The Kier molecular flexibility index (Phi) is 7.59. The van der Waals surface area contributed by atoms with Gasteiger partial charge in [0.1, 0.15) is 29.9 Å². The van der Waals surface area contributed by atoms with Gasteiger partial charge in [0, 0.05) is 19.0 Å². The van der Waals surface area contributed by atoms with E-state index in [1.807, 2.05) is 30.3 Å². The van der Waals surface area contributed by atoms with Crippen molar-refractivity contribution in [2.75, 3.05) is 27.3 Å². The second-order valence-corrected chi connectivity index (χ2v) is 9.52. The van der Waals surface area contributed by atoms with Crippen LogP contribution in [-0.2, 0) is 4.74 Å². The number of ether oxygens (including phenoxy) is 2. The Labute approximate surface area is 219 Å². The molecule has 3 aromatic rings. The van der Waals surface area contributed by atoms with E-state index in [9.17, 15) is 24.5 Å². The van der Waals surface area contributed by atoms with Gasteiger partial charge in [0.05, 0.1) is 31.4 Å². The third-order valence-electron chi connectivity index (χ3n) is 7.26. The van der Waals surface area contributed by atoms with Gasteiger partial charge < -0.3 is 29.7 Å². The fourth-order valence-electron chi connectivity index (χ4n) is 5.26. The minimum absolute atomic E-state index is 0.267. The Morgan fingerprint density at radius 2 is 1.95 bits per heavy atom. The third kappa shape index (κ3) is 4.74. The highest BCUT2D eigenvalue weighted by atomic mass is 19.1. The van der Waals surface area contributed by atoms with Crippen LogP contribution in [0.15, 0.2) is 60.7 Å². The summed E-state index contributed by atoms with van der Waals surface area (Å²) in [4.78, 5) is 14.9. The number of rotatable bonds is 6. The molecule has 2 saturated heterocycles. The zero-order valence-electron chi connectivity index (χ0n) is 21.0. The van der Waals surface area contributed by atoms with Gasteiger partial charge >= 0.3 is 0 Å². The van der Waals surface area contributed by atoms with Crippen LogP contribution in [-0.4, -0.2) is 89.0 Å². The molecule has 2 fully saturated rings. The van der Waals surface area contributed by atoms with Crippen LogP contribution in [0.2, 0.25) is 0 Å². The number of aliphatic hydroxyl groups excluding tert-OH is 3. The van der Waals surface area contributed by atoms with Crippen LogP contribution in [0.3, 0.4) is 0 Å². The molecular formula is C27H31FN4O6. The Bertz CT molecular complexity index is 1310. The molecule has 202 valence electrons. The van der Waals surface area contributed by atoms with Gasteiger partial charge in [-0.25, -0.2) is 14.8 Å². The molecule has 0 spiro atoms. The SMILES string of the molecule is COc1c(C(=O)N(C)[C@@H]2O[C@H](CO)[C@H](O)[C@H](N3CC(c4cccc(F)c4)NN3)[C@H]2O)ccc2ccccc12. The fraction of sp³-hybridized carbons (Fsp3) is 0.370. The monoisotopic (exact) mass is 526 g/mol. The summed E-state index contributed by atoms with van der Waals surface area (Å²) in [6, 6.07) is 15.8. The highest BCUT2D eigenvalue weighted by molar-refractivity contribution is 6.03. The number of hydrogen-bond acceptors (Lipinski definition) is 9. The van der Waals surface area contributed by atoms with Gasteiger partial charge in [0.25, 0.3) is 5.91 Å². The second kappa shape index (κ2) is 10.9. The lowest BCUT2D eigenvalue weighted by molar-refractivity contribution is -0.244. The molecular weight excluding hydrogens is 495 g/mol. The molecule has 10 nitrogen and oxygen atoms in total. The van der Waals surface area contributed by atoms with Gasteiger partial charge in [-0.05, 0) is 29.1 Å². The number of nitrogens with one attached hydrogen (secondary N) is 2. The molecule has 0 saturated carbocycles. The number of halogens is 1. The summed E-state index contributed by atoms with van der Waals surface area (Å²) in [6.07, 6.45) is -4.92. The number of aliphatic hydroxyl groups is 3. The first-order valence-electron chi connectivity index (χ1n) is 12.3. The number of amides is 1. The van der Waals surface area contributed by atoms with Crippen molar-refractivity contribution >= 4 is 16.7 Å². The standard InChI is InChI=1S/C27H31FN4O6/c1-31(26(36)19-11-10-15-6-3-4-9-18(15)25(19)37-2)27-24(35)22(23(34)21(14-33)38-27)32-13-20(29-30-32)16-7-5-8-17(28)12-16/h3-12,20-24,27,29-30,33-35H,13-14H2,1-2H3/t20?,21-,22+,23+,24-,27-/m1/s1. The molecule has 2 aliphatic heterocycles. The van der Waals surface area contributed by atoms with Gasteiger partial charge in [-0.3, -0.25) is 4.79 Å². The molecule has 3 aromatic carbocycles. The van der Waals surface area contributed by atoms with E-state index < -0.39 is 43.1 Å². The van der Waals surface area contributed by atoms with Crippen LogP contribution in [0.4, 0.5) is 4.39 Å². The zero-order chi connectivity index (χ0) is 27.0. The predicted molar refractivity (Wildman–Crippen MR) is 136 cm³/mol. The Morgan fingerprint density at radius 3 is 2.68 bits per heavy atom. The maximum absolute atomic E-state index is 13.8. The van der Waals surface area contributed by atoms with E-state index in [0.29, 0.717) is 11.3 Å². The predicted octanol–water partition coefficient (Wildman–Crippen LogP) is 0.933. The van der Waals surface area contributed by atoms with E-state index in [2.05, 4.69) is 11.0 Å². The van der Waals surface area contributed by atoms with Crippen molar-refractivity contribution in [3.63, 3.8) is 0 Å². The smallest absolute Gasteiger partial charge is 0.259 e. The lowest BCUT2D eigenvalue weighted by atomic mass is 9.93. The molecule has 2 heterocycles. The number of hydrazine groups is 2. The summed E-state index contributed by atoms with van der Waals surface area (Å²) in [7, 11) is 2.97. The molecule has 6 atom stereocenters. The molecule has 1 amide bonds. The highest BCUT2D eigenvalue weighted by Crippen LogP contribution is 2.33. The first kappa shape index (κ1) is 26.4. The average molecular weight is 527 g/mol. The second-order valence-electron chi connectivity index (χ2n) is 9.52. The number of carbonyl (C=O) groups excluding carboxylic acids is 1. The number of hydrogen-bond donors (Lipinski definition) is 5. The summed E-state index contributed by atoms with van der Waals surface area (Å²) in [5, 5.41) is 35.5. The van der Waals surface area contributed by atoms with Crippen LogP contribution in [0, 0.1) is 5.82 Å². The van der Waals surface area contributed by atoms with E-state index in [1.54, 1.807) is 23.2 Å². The van der Waals surface area contributed by atoms with Crippen molar-refractivity contribution in [1.29, 1.82) is 0 Å². The van der Waals surface area contributed by atoms with Crippen LogP contribution >= 0.6 is 0 Å². The zero-order valence-corrected chi connectivity index (χ0v) is 21.0. The number of carbonyl (C=O) groups is 1. The van der Waals surface area contributed by atoms with E-state index in [1.165, 1.54) is 31.2 Å². The third-order valence-corrected chi connectivity index (χ3v) is 7.26. The van der Waals surface area contributed by atoms with Crippen LogP contribution in [0.5, 0.6) is 5.75 Å². The minimum Gasteiger partial charge on any atom is -0.495 e. The summed E-state index contributed by atoms with van der Waals surface area (Å²) in [5.74, 6) is -0.448. The summed E-state index contributed by atoms with van der Waals surface area (Å²) in [5.41, 5.74) is 6.93. The van der Waals surface area contributed by atoms with Crippen molar-refractivity contribution < 1.29 is 34.0 Å². The maximum Gasteiger partial charge on any atom is 0.259 e. The fourth-order valence-corrected chi connectivity index (χ4v) is 5.26. The molecule has 38 heavy (non-hydrogen) atoms. The minimum atomic E-state index is -1.37. The number of nitrogens with zero attached hydrogens (tertiary/aromatic N) is 2. The lowest BCUT2D eigenvalue weighted by Crippen LogP contribution is -2.69. The first-order valence-corrected chi connectivity index (χ1v) is 12.3. The number of fused-ring (bicyclic) bond motifs is 1. The van der Waals surface area contributed by atoms with Crippen molar-refractivity contribution in [3.8, 4) is 5.75 Å². The molecule has 11 heteroatoms. The van der Waals surface area contributed by atoms with E-state index in [4.69, 9.17) is 9.47 Å². The van der Waals surface area contributed by atoms with Gasteiger partial charge in [-0.1, -0.05) is 42.5 Å². The lowest BCUT2D eigenvalue weighted by Gasteiger charge is -2.47. The molecule has 0 bridgehead atoms. The van der Waals surface area contributed by atoms with Crippen molar-refractivity contribution in [2.45, 2.75) is 36.6 Å². The molecule has 0 aliphatic carbocycles. The largest absolute Gasteiger partial charge is 0.495 e. The molecule has 2 aliphatic rings. The maximum atomic E-state index is 13.8. The van der Waals surface area contributed by atoms with Crippen molar-refractivity contribution in [2.24, 2.45) is 0 Å². The summed E-state index contributed by atoms with van der Waals surface area (Å²) >= 11 is 0. The van der Waals surface area contributed by atoms with E-state index in [-0.39, 0.29) is 24.0 Å². The molecule has 5 rings (SSSR count). The first-order chi connectivity index (χ1) is 18.3. The van der Waals surface area contributed by atoms with E-state index in [0.717, 1.165) is 10.8 Å². The van der Waals surface area contributed by atoms with Crippen molar-refractivity contribution in [3.05, 3.63) is 77.6 Å². The highest BCUT2D eigenvalue weighted by Gasteiger charge is 2.50. The van der Waals surface area contributed by atoms with Gasteiger partial charge in [0.2, 0.25) is 0 Å². The average Bonchev–Trinajstić information content (AvgIpc) is 3.41. The topological polar surface area (TPSA) is 127 Å². The number of benzene rings is 3. The summed E-state index contributed by atoms with van der Waals surface area (Å²) < 4.78 is 25.2.